The highest BCUT2D eigenvalue weighted by Crippen LogP contribution is 2.27. The zero-order chi connectivity index (χ0) is 18.1. The Morgan fingerprint density at radius 3 is 2.96 bits per heavy atom. The zero-order valence-corrected chi connectivity index (χ0v) is 14.5. The van der Waals surface area contributed by atoms with Gasteiger partial charge in [0.2, 0.25) is 11.8 Å². The van der Waals surface area contributed by atoms with Gasteiger partial charge in [-0.3, -0.25) is 4.79 Å². The van der Waals surface area contributed by atoms with Crippen molar-refractivity contribution in [2.75, 3.05) is 5.32 Å². The van der Waals surface area contributed by atoms with Crippen LogP contribution in [0.4, 0.5) is 5.69 Å². The number of rotatable bonds is 4. The van der Waals surface area contributed by atoms with E-state index in [1.54, 1.807) is 18.2 Å². The number of anilines is 1. The largest absolute Gasteiger partial charge is 0.472 e. The number of nitrogens with zero attached hydrogens (tertiary/aromatic N) is 2. The molecule has 0 bridgehead atoms. The van der Waals surface area contributed by atoms with E-state index in [4.69, 9.17) is 9.15 Å². The Bertz CT molecular complexity index is 1180. The van der Waals surface area contributed by atoms with E-state index in [0.717, 1.165) is 15.6 Å². The summed E-state index contributed by atoms with van der Waals surface area (Å²) in [6, 6.07) is 8.43. The van der Waals surface area contributed by atoms with Gasteiger partial charge < -0.3 is 14.5 Å². The van der Waals surface area contributed by atoms with Crippen molar-refractivity contribution in [3.05, 3.63) is 58.0 Å². The lowest BCUT2D eigenvalue weighted by molar-refractivity contribution is -0.114. The number of amides is 1. The number of aromatic nitrogens is 2. The lowest BCUT2D eigenvalue weighted by Crippen LogP contribution is -2.07. The van der Waals surface area contributed by atoms with Crippen LogP contribution in [0.1, 0.15) is 12.5 Å². The van der Waals surface area contributed by atoms with Gasteiger partial charge in [0, 0.05) is 35.7 Å². The molecule has 0 fully saturated rings. The Labute approximate surface area is 151 Å². The van der Waals surface area contributed by atoms with Crippen LogP contribution in [0.3, 0.4) is 0 Å². The highest BCUT2D eigenvalue weighted by atomic mass is 32.1. The second kappa shape index (κ2) is 6.57. The first-order valence-electron chi connectivity index (χ1n) is 7.75. The van der Waals surface area contributed by atoms with Crippen molar-refractivity contribution in [2.45, 2.75) is 13.5 Å². The van der Waals surface area contributed by atoms with Crippen molar-refractivity contribution in [3.8, 4) is 5.88 Å². The Morgan fingerprint density at radius 2 is 2.12 bits per heavy atom. The van der Waals surface area contributed by atoms with Crippen molar-refractivity contribution in [1.29, 1.82) is 0 Å². The fourth-order valence-corrected chi connectivity index (χ4v) is 3.38. The molecule has 0 aliphatic rings. The maximum absolute atomic E-state index is 11.9. The summed E-state index contributed by atoms with van der Waals surface area (Å²) in [6.07, 6.45) is 1.45. The number of thiophene rings is 1. The molecule has 1 N–H and O–H groups in total. The molecule has 4 aromatic rings. The first-order chi connectivity index (χ1) is 12.6. The van der Waals surface area contributed by atoms with Crippen LogP contribution in [-0.4, -0.2) is 15.9 Å². The molecule has 0 saturated heterocycles. The molecule has 3 heterocycles. The van der Waals surface area contributed by atoms with Crippen molar-refractivity contribution < 1.29 is 13.9 Å². The molecule has 0 unspecified atom stereocenters. The third kappa shape index (κ3) is 3.14. The number of hydrogen-bond donors (Lipinski definition) is 1. The van der Waals surface area contributed by atoms with Crippen molar-refractivity contribution in [3.63, 3.8) is 0 Å². The number of carbonyl (C=O) groups is 1. The standard InChI is InChI=1S/C18H13N3O4S/c1-10(22)21-12-2-3-13-11(6-16(23)25-15(13)7-12)8-24-17-14-4-5-26-18(14)20-9-19-17/h2-7,9H,8H2,1H3,(H,21,22). The van der Waals surface area contributed by atoms with Crippen LogP contribution in [-0.2, 0) is 11.4 Å². The summed E-state index contributed by atoms with van der Waals surface area (Å²) in [6.45, 7) is 1.57. The van der Waals surface area contributed by atoms with Crippen LogP contribution < -0.4 is 15.7 Å². The lowest BCUT2D eigenvalue weighted by Gasteiger charge is -2.09. The number of nitrogens with one attached hydrogen (secondary N) is 1. The molecular weight excluding hydrogens is 354 g/mol. The summed E-state index contributed by atoms with van der Waals surface area (Å²) in [5, 5.41) is 6.14. The highest BCUT2D eigenvalue weighted by molar-refractivity contribution is 7.16. The van der Waals surface area contributed by atoms with Gasteiger partial charge in [-0.1, -0.05) is 0 Å². The van der Waals surface area contributed by atoms with E-state index in [1.165, 1.54) is 30.7 Å². The predicted molar refractivity (Wildman–Crippen MR) is 98.5 cm³/mol. The van der Waals surface area contributed by atoms with Gasteiger partial charge in [0.25, 0.3) is 0 Å². The van der Waals surface area contributed by atoms with Gasteiger partial charge in [0.1, 0.15) is 23.3 Å². The molecule has 0 aliphatic carbocycles. The number of hydrogen-bond acceptors (Lipinski definition) is 7. The van der Waals surface area contributed by atoms with Gasteiger partial charge in [-0.05, 0) is 23.6 Å². The quantitative estimate of drug-likeness (QED) is 0.556. The lowest BCUT2D eigenvalue weighted by atomic mass is 10.1. The molecule has 4 rings (SSSR count). The van der Waals surface area contributed by atoms with Crippen LogP contribution >= 0.6 is 11.3 Å². The van der Waals surface area contributed by atoms with Crippen LogP contribution in [0, 0.1) is 0 Å². The summed E-state index contributed by atoms with van der Waals surface area (Å²) in [7, 11) is 0. The molecule has 1 amide bonds. The van der Waals surface area contributed by atoms with Crippen molar-refractivity contribution in [2.24, 2.45) is 0 Å². The third-order valence-electron chi connectivity index (χ3n) is 3.74. The predicted octanol–water partition coefficient (Wildman–Crippen LogP) is 3.34. The van der Waals surface area contributed by atoms with E-state index in [1.807, 2.05) is 11.4 Å². The van der Waals surface area contributed by atoms with E-state index in [-0.39, 0.29) is 12.5 Å². The van der Waals surface area contributed by atoms with Crippen LogP contribution in [0.5, 0.6) is 5.88 Å². The second-order valence-corrected chi connectivity index (χ2v) is 6.48. The Hall–Kier alpha value is -3.26. The molecule has 0 radical (unpaired) electrons. The summed E-state index contributed by atoms with van der Waals surface area (Å²) in [4.78, 5) is 32.3. The third-order valence-corrected chi connectivity index (χ3v) is 4.56. The van der Waals surface area contributed by atoms with Crippen LogP contribution in [0.2, 0.25) is 0 Å². The van der Waals surface area contributed by atoms with Crippen LogP contribution in [0.25, 0.3) is 21.2 Å². The Morgan fingerprint density at radius 1 is 1.23 bits per heavy atom. The molecule has 0 saturated carbocycles. The minimum absolute atomic E-state index is 0.156. The Kier molecular flexibility index (Phi) is 4.10. The average molecular weight is 367 g/mol. The smallest absolute Gasteiger partial charge is 0.336 e. The van der Waals surface area contributed by atoms with Gasteiger partial charge in [0.15, 0.2) is 0 Å². The average Bonchev–Trinajstić information content (AvgIpc) is 3.08. The summed E-state index contributed by atoms with van der Waals surface area (Å²) in [5.41, 5.74) is 1.12. The second-order valence-electron chi connectivity index (χ2n) is 5.59. The molecule has 0 spiro atoms. The zero-order valence-electron chi connectivity index (χ0n) is 13.7. The molecule has 8 heteroatoms. The first kappa shape index (κ1) is 16.2. The maximum Gasteiger partial charge on any atom is 0.336 e. The van der Waals surface area contributed by atoms with Gasteiger partial charge in [-0.2, -0.15) is 0 Å². The topological polar surface area (TPSA) is 94.3 Å². The summed E-state index contributed by atoms with van der Waals surface area (Å²) >= 11 is 1.50. The molecule has 1 aromatic carbocycles. The van der Waals surface area contributed by atoms with Crippen molar-refractivity contribution in [1.82, 2.24) is 9.97 Å². The molecule has 3 aromatic heterocycles. The maximum atomic E-state index is 11.9. The molecule has 0 atom stereocenters. The van der Waals surface area contributed by atoms with Gasteiger partial charge in [-0.25, -0.2) is 14.8 Å². The van der Waals surface area contributed by atoms with E-state index in [2.05, 4.69) is 15.3 Å². The monoisotopic (exact) mass is 367 g/mol. The Balaban J connectivity index is 1.68. The molecule has 130 valence electrons. The normalized spacial score (nSPS) is 11.0. The summed E-state index contributed by atoms with van der Waals surface area (Å²) < 4.78 is 11.1. The number of carbonyl (C=O) groups excluding carboxylic acids is 1. The fraction of sp³-hybridized carbons (Fsp3) is 0.111. The molecule has 26 heavy (non-hydrogen) atoms. The molecule has 0 aliphatic heterocycles. The van der Waals surface area contributed by atoms with E-state index >= 15 is 0 Å². The highest BCUT2D eigenvalue weighted by Gasteiger charge is 2.10. The number of fused-ring (bicyclic) bond motifs is 2. The number of ether oxygens (including phenoxy) is 1. The fourth-order valence-electron chi connectivity index (χ4n) is 2.66. The van der Waals surface area contributed by atoms with E-state index < -0.39 is 5.63 Å². The minimum atomic E-state index is -0.487. The van der Waals surface area contributed by atoms with Crippen LogP contribution in [0.15, 0.2) is 51.3 Å². The van der Waals surface area contributed by atoms with Crippen molar-refractivity contribution >= 4 is 44.1 Å². The molecule has 7 nitrogen and oxygen atoms in total. The minimum Gasteiger partial charge on any atom is -0.472 e. The van der Waals surface area contributed by atoms with E-state index in [9.17, 15) is 9.59 Å². The first-order valence-corrected chi connectivity index (χ1v) is 8.63. The van der Waals surface area contributed by atoms with Gasteiger partial charge in [-0.15, -0.1) is 11.3 Å². The van der Waals surface area contributed by atoms with Gasteiger partial charge >= 0.3 is 5.63 Å². The summed E-state index contributed by atoms with van der Waals surface area (Å²) in [5.74, 6) is 0.266. The molecular formula is C18H13N3O4S. The van der Waals surface area contributed by atoms with Gasteiger partial charge in [0.05, 0.1) is 5.39 Å². The number of benzene rings is 1. The van der Waals surface area contributed by atoms with E-state index in [0.29, 0.717) is 22.7 Å². The SMILES string of the molecule is CC(=O)Nc1ccc2c(COc3ncnc4sccc34)cc(=O)oc2c1.